The van der Waals surface area contributed by atoms with E-state index in [1.165, 1.54) is 37.8 Å². The second-order valence-corrected chi connectivity index (χ2v) is 5.43. The molecule has 1 aromatic carbocycles. The summed E-state index contributed by atoms with van der Waals surface area (Å²) in [6, 6.07) is 4.59. The molecule has 0 bridgehead atoms. The quantitative estimate of drug-likeness (QED) is 0.495. The predicted octanol–water partition coefficient (Wildman–Crippen LogP) is 3.42. The molecule has 2 unspecified atom stereocenters. The average Bonchev–Trinajstić information content (AvgIpc) is 2.39. The third-order valence-electron chi connectivity index (χ3n) is 4.09. The third kappa shape index (κ3) is 3.36. The van der Waals surface area contributed by atoms with Crippen LogP contribution >= 0.6 is 0 Å². The molecule has 0 aromatic heterocycles. The van der Waals surface area contributed by atoms with Crippen LogP contribution < -0.4 is 11.1 Å². The molecule has 1 aliphatic carbocycles. The molecule has 1 aliphatic rings. The number of nitro benzene ring substituents is 1. The van der Waals surface area contributed by atoms with Crippen molar-refractivity contribution in [1.82, 2.24) is 0 Å². The smallest absolute Gasteiger partial charge is 0.271 e. The molecular formula is C14H21N3O2. The van der Waals surface area contributed by atoms with Gasteiger partial charge in [-0.05, 0) is 24.3 Å². The van der Waals surface area contributed by atoms with Crippen molar-refractivity contribution in [3.8, 4) is 0 Å². The molecule has 0 heterocycles. The van der Waals surface area contributed by atoms with Crippen LogP contribution in [-0.4, -0.2) is 11.5 Å². The molecule has 19 heavy (non-hydrogen) atoms. The fourth-order valence-corrected chi connectivity index (χ4v) is 2.76. The molecule has 2 rings (SSSR count). The maximum Gasteiger partial charge on any atom is 0.271 e. The maximum atomic E-state index is 10.6. The Morgan fingerprint density at radius 3 is 2.79 bits per heavy atom. The van der Waals surface area contributed by atoms with Crippen molar-refractivity contribution in [3.63, 3.8) is 0 Å². The summed E-state index contributed by atoms with van der Waals surface area (Å²) < 4.78 is 0. The summed E-state index contributed by atoms with van der Waals surface area (Å²) in [4.78, 5) is 10.2. The van der Waals surface area contributed by atoms with Crippen molar-refractivity contribution in [3.05, 3.63) is 28.3 Å². The number of nitro groups is 1. The zero-order valence-corrected chi connectivity index (χ0v) is 11.3. The Bertz CT molecular complexity index is 462. The van der Waals surface area contributed by atoms with Crippen LogP contribution in [0.2, 0.25) is 0 Å². The standard InChI is InChI=1S/C14H21N3O2/c1-10-4-2-3-5-11(10)9-16-14-7-6-12(17(18)19)8-13(14)15/h6-8,10-11,16H,2-5,9,15H2,1H3. The molecule has 5 heteroatoms. The van der Waals surface area contributed by atoms with Gasteiger partial charge in [0, 0.05) is 18.7 Å². The topological polar surface area (TPSA) is 81.2 Å². The third-order valence-corrected chi connectivity index (χ3v) is 4.09. The normalized spacial score (nSPS) is 23.0. The van der Waals surface area contributed by atoms with Gasteiger partial charge in [-0.2, -0.15) is 0 Å². The molecule has 104 valence electrons. The summed E-state index contributed by atoms with van der Waals surface area (Å²) in [6.07, 6.45) is 5.17. The number of benzene rings is 1. The van der Waals surface area contributed by atoms with Gasteiger partial charge >= 0.3 is 0 Å². The summed E-state index contributed by atoms with van der Waals surface area (Å²) in [5, 5.41) is 14.0. The largest absolute Gasteiger partial charge is 0.397 e. The van der Waals surface area contributed by atoms with Crippen LogP contribution in [0.15, 0.2) is 18.2 Å². The molecule has 2 atom stereocenters. The SMILES string of the molecule is CC1CCCCC1CNc1ccc([N+](=O)[O-])cc1N. The summed E-state index contributed by atoms with van der Waals surface area (Å²) in [6.45, 7) is 3.19. The lowest BCUT2D eigenvalue weighted by atomic mass is 9.80. The van der Waals surface area contributed by atoms with Gasteiger partial charge in [0.2, 0.25) is 0 Å². The van der Waals surface area contributed by atoms with Gasteiger partial charge in [-0.25, -0.2) is 0 Å². The van der Waals surface area contributed by atoms with E-state index in [4.69, 9.17) is 5.73 Å². The lowest BCUT2D eigenvalue weighted by molar-refractivity contribution is -0.384. The molecular weight excluding hydrogens is 242 g/mol. The zero-order chi connectivity index (χ0) is 13.8. The molecule has 0 amide bonds. The number of non-ortho nitro benzene ring substituents is 1. The van der Waals surface area contributed by atoms with Gasteiger partial charge in [0.15, 0.2) is 0 Å². The van der Waals surface area contributed by atoms with Gasteiger partial charge in [0.1, 0.15) is 0 Å². The number of nitrogen functional groups attached to an aromatic ring is 1. The predicted molar refractivity (Wildman–Crippen MR) is 77.1 cm³/mol. The van der Waals surface area contributed by atoms with Crippen molar-refractivity contribution >= 4 is 17.1 Å². The van der Waals surface area contributed by atoms with Crippen molar-refractivity contribution in [2.24, 2.45) is 11.8 Å². The van der Waals surface area contributed by atoms with Gasteiger partial charge in [-0.3, -0.25) is 10.1 Å². The minimum absolute atomic E-state index is 0.0362. The summed E-state index contributed by atoms with van der Waals surface area (Å²) >= 11 is 0. The van der Waals surface area contributed by atoms with E-state index in [-0.39, 0.29) is 5.69 Å². The molecule has 0 aliphatic heterocycles. The molecule has 1 saturated carbocycles. The zero-order valence-electron chi connectivity index (χ0n) is 11.3. The Morgan fingerprint density at radius 1 is 1.42 bits per heavy atom. The summed E-state index contributed by atoms with van der Waals surface area (Å²) in [5.41, 5.74) is 7.12. The van der Waals surface area contributed by atoms with Crippen LogP contribution in [-0.2, 0) is 0 Å². The van der Waals surface area contributed by atoms with E-state index in [0.29, 0.717) is 11.6 Å². The molecule has 5 nitrogen and oxygen atoms in total. The van der Waals surface area contributed by atoms with E-state index in [9.17, 15) is 10.1 Å². The first-order valence-corrected chi connectivity index (χ1v) is 6.85. The number of anilines is 2. The van der Waals surface area contributed by atoms with Crippen LogP contribution in [0.4, 0.5) is 17.1 Å². The lowest BCUT2D eigenvalue weighted by Crippen LogP contribution is -2.24. The van der Waals surface area contributed by atoms with Crippen molar-refractivity contribution in [2.75, 3.05) is 17.6 Å². The Morgan fingerprint density at radius 2 is 2.16 bits per heavy atom. The van der Waals surface area contributed by atoms with Gasteiger partial charge in [0.05, 0.1) is 16.3 Å². The molecule has 1 aromatic rings. The van der Waals surface area contributed by atoms with Crippen molar-refractivity contribution in [1.29, 1.82) is 0 Å². The number of hydrogen-bond acceptors (Lipinski definition) is 4. The van der Waals surface area contributed by atoms with Gasteiger partial charge in [-0.1, -0.05) is 26.2 Å². The summed E-state index contributed by atoms with van der Waals surface area (Å²) in [5.74, 6) is 1.41. The number of hydrogen-bond donors (Lipinski definition) is 2. The van der Waals surface area contributed by atoms with E-state index < -0.39 is 4.92 Å². The van der Waals surface area contributed by atoms with Crippen LogP contribution in [0, 0.1) is 22.0 Å². The fourth-order valence-electron chi connectivity index (χ4n) is 2.76. The Hall–Kier alpha value is -1.78. The van der Waals surface area contributed by atoms with E-state index in [0.717, 1.165) is 18.2 Å². The summed E-state index contributed by atoms with van der Waals surface area (Å²) in [7, 11) is 0. The van der Waals surface area contributed by atoms with Crippen molar-refractivity contribution in [2.45, 2.75) is 32.6 Å². The molecule has 0 radical (unpaired) electrons. The Labute approximate surface area is 113 Å². The van der Waals surface area contributed by atoms with E-state index >= 15 is 0 Å². The highest BCUT2D eigenvalue weighted by molar-refractivity contribution is 5.69. The van der Waals surface area contributed by atoms with E-state index in [1.54, 1.807) is 6.07 Å². The lowest BCUT2D eigenvalue weighted by Gasteiger charge is -2.29. The number of nitrogens with one attached hydrogen (secondary N) is 1. The van der Waals surface area contributed by atoms with Gasteiger partial charge < -0.3 is 11.1 Å². The first-order chi connectivity index (χ1) is 9.08. The fraction of sp³-hybridized carbons (Fsp3) is 0.571. The van der Waals surface area contributed by atoms with Crippen LogP contribution in [0.5, 0.6) is 0 Å². The number of nitrogens with two attached hydrogens (primary N) is 1. The van der Waals surface area contributed by atoms with Crippen molar-refractivity contribution < 1.29 is 4.92 Å². The van der Waals surface area contributed by atoms with E-state index in [2.05, 4.69) is 12.2 Å². The minimum Gasteiger partial charge on any atom is -0.397 e. The molecule has 3 N–H and O–H groups in total. The Balaban J connectivity index is 1.97. The maximum absolute atomic E-state index is 10.6. The monoisotopic (exact) mass is 263 g/mol. The minimum atomic E-state index is -0.427. The first-order valence-electron chi connectivity index (χ1n) is 6.85. The van der Waals surface area contributed by atoms with Crippen LogP contribution in [0.1, 0.15) is 32.6 Å². The second-order valence-electron chi connectivity index (χ2n) is 5.43. The average molecular weight is 263 g/mol. The van der Waals surface area contributed by atoms with Crippen LogP contribution in [0.25, 0.3) is 0 Å². The molecule has 1 fully saturated rings. The second kappa shape index (κ2) is 5.91. The van der Waals surface area contributed by atoms with Gasteiger partial charge in [-0.15, -0.1) is 0 Å². The first kappa shape index (κ1) is 13.6. The highest BCUT2D eigenvalue weighted by Crippen LogP contribution is 2.31. The highest BCUT2D eigenvalue weighted by atomic mass is 16.6. The van der Waals surface area contributed by atoms with Crippen LogP contribution in [0.3, 0.4) is 0 Å². The Kier molecular flexibility index (Phi) is 4.24. The number of nitrogens with zero attached hydrogens (tertiary/aromatic N) is 1. The van der Waals surface area contributed by atoms with E-state index in [1.807, 2.05) is 0 Å². The number of rotatable bonds is 4. The molecule has 0 spiro atoms. The molecule has 0 saturated heterocycles. The highest BCUT2D eigenvalue weighted by Gasteiger charge is 2.21. The van der Waals surface area contributed by atoms with Gasteiger partial charge in [0.25, 0.3) is 5.69 Å².